The predicted octanol–water partition coefficient (Wildman–Crippen LogP) is 1.94. The Balaban J connectivity index is 1.85. The first-order valence-electron chi connectivity index (χ1n) is 7.46. The van der Waals surface area contributed by atoms with Gasteiger partial charge < -0.3 is 14.8 Å². The molecule has 0 spiro atoms. The second-order valence-electron chi connectivity index (χ2n) is 5.19. The minimum Gasteiger partial charge on any atom is -0.454 e. The average molecular weight is 352 g/mol. The summed E-state index contributed by atoms with van der Waals surface area (Å²) in [6, 6.07) is 9.55. The maximum atomic E-state index is 12.2. The molecule has 0 saturated heterocycles. The third-order valence-electron chi connectivity index (χ3n) is 3.54. The highest BCUT2D eigenvalue weighted by Gasteiger charge is 2.23. The Morgan fingerprint density at radius 2 is 2.15 bits per heavy atom. The number of pyridine rings is 1. The lowest BCUT2D eigenvalue weighted by molar-refractivity contribution is -0.385. The van der Waals surface area contributed by atoms with Crippen LogP contribution < -0.4 is 14.8 Å². The summed E-state index contributed by atoms with van der Waals surface area (Å²) < 4.78 is 10.3. The fourth-order valence-electron chi connectivity index (χ4n) is 2.29. The molecule has 0 unspecified atom stereocenters. The molecule has 1 aliphatic rings. The normalized spacial score (nSPS) is 12.3. The maximum absolute atomic E-state index is 12.2. The van der Waals surface area contributed by atoms with Gasteiger partial charge in [0.15, 0.2) is 11.5 Å². The van der Waals surface area contributed by atoms with E-state index in [0.717, 1.165) is 6.08 Å². The van der Waals surface area contributed by atoms with E-state index in [1.807, 2.05) is 0 Å². The zero-order valence-corrected chi connectivity index (χ0v) is 13.3. The quantitative estimate of drug-likeness (QED) is 0.377. The number of rotatable bonds is 5. The fourth-order valence-corrected chi connectivity index (χ4v) is 2.29. The van der Waals surface area contributed by atoms with Crippen molar-refractivity contribution >= 4 is 17.7 Å². The van der Waals surface area contributed by atoms with Crippen molar-refractivity contribution < 1.29 is 19.2 Å². The molecule has 0 aliphatic carbocycles. The Hall–Kier alpha value is -3.93. The zero-order valence-electron chi connectivity index (χ0n) is 13.3. The standard InChI is InChI=1S/C17H12N4O5/c18-8-12(17(22)20-9-13-3-1-2-4-19-13)5-11-6-15-16(26-10-25-15)7-14(11)21(23)24/h1-7H,9-10H2,(H,20,22)/b12-5+. The summed E-state index contributed by atoms with van der Waals surface area (Å²) >= 11 is 0. The summed E-state index contributed by atoms with van der Waals surface area (Å²) in [6.45, 7) is 0.0806. The summed E-state index contributed by atoms with van der Waals surface area (Å²) in [5, 5.41) is 23.1. The Morgan fingerprint density at radius 3 is 2.81 bits per heavy atom. The number of hydrogen-bond donors (Lipinski definition) is 1. The van der Waals surface area contributed by atoms with Gasteiger partial charge in [0.05, 0.1) is 28.8 Å². The summed E-state index contributed by atoms with van der Waals surface area (Å²) in [5.74, 6) is -0.106. The summed E-state index contributed by atoms with van der Waals surface area (Å²) in [4.78, 5) is 26.9. The van der Waals surface area contributed by atoms with Crippen molar-refractivity contribution in [2.75, 3.05) is 6.79 Å². The van der Waals surface area contributed by atoms with Crippen LogP contribution in [0.25, 0.3) is 6.08 Å². The Kier molecular flexibility index (Phi) is 4.76. The highest BCUT2D eigenvalue weighted by Crippen LogP contribution is 2.38. The maximum Gasteiger partial charge on any atom is 0.280 e. The molecule has 0 bridgehead atoms. The van der Waals surface area contributed by atoms with Gasteiger partial charge in [0.2, 0.25) is 6.79 Å². The number of nitrogens with zero attached hydrogens (tertiary/aromatic N) is 3. The van der Waals surface area contributed by atoms with Crippen molar-refractivity contribution in [3.63, 3.8) is 0 Å². The van der Waals surface area contributed by atoms with Crippen molar-refractivity contribution in [2.24, 2.45) is 0 Å². The number of aromatic nitrogens is 1. The van der Waals surface area contributed by atoms with E-state index in [9.17, 15) is 20.2 Å². The third kappa shape index (κ3) is 3.59. The van der Waals surface area contributed by atoms with Crippen LogP contribution in [0.4, 0.5) is 5.69 Å². The minimum atomic E-state index is -0.662. The molecule has 3 rings (SSSR count). The van der Waals surface area contributed by atoms with Gasteiger partial charge in [0.25, 0.3) is 11.6 Å². The number of nitriles is 1. The van der Waals surface area contributed by atoms with Gasteiger partial charge in [0.1, 0.15) is 11.6 Å². The van der Waals surface area contributed by atoms with Crippen LogP contribution in [-0.2, 0) is 11.3 Å². The first-order chi connectivity index (χ1) is 12.6. The number of ether oxygens (including phenoxy) is 2. The molecule has 2 heterocycles. The highest BCUT2D eigenvalue weighted by atomic mass is 16.7. The van der Waals surface area contributed by atoms with Crippen LogP contribution in [-0.4, -0.2) is 22.6 Å². The molecule has 9 heteroatoms. The molecule has 1 aromatic heterocycles. The van der Waals surface area contributed by atoms with Crippen LogP contribution >= 0.6 is 0 Å². The lowest BCUT2D eigenvalue weighted by Gasteiger charge is -2.05. The fraction of sp³-hybridized carbons (Fsp3) is 0.118. The highest BCUT2D eigenvalue weighted by molar-refractivity contribution is 6.02. The van der Waals surface area contributed by atoms with Gasteiger partial charge in [-0.05, 0) is 24.3 Å². The van der Waals surface area contributed by atoms with Gasteiger partial charge in [-0.1, -0.05) is 6.07 Å². The third-order valence-corrected chi connectivity index (χ3v) is 3.54. The summed E-state index contributed by atoms with van der Waals surface area (Å²) in [5.41, 5.74) is 0.124. The van der Waals surface area contributed by atoms with Crippen molar-refractivity contribution in [3.8, 4) is 17.6 Å². The van der Waals surface area contributed by atoms with Crippen LogP contribution in [0, 0.1) is 21.4 Å². The molecular weight excluding hydrogens is 340 g/mol. The van der Waals surface area contributed by atoms with E-state index in [1.54, 1.807) is 30.5 Å². The van der Waals surface area contributed by atoms with Crippen molar-refractivity contribution in [1.82, 2.24) is 10.3 Å². The van der Waals surface area contributed by atoms with E-state index >= 15 is 0 Å². The van der Waals surface area contributed by atoms with Crippen molar-refractivity contribution in [3.05, 3.63) is 63.5 Å². The molecule has 130 valence electrons. The number of nitro benzene ring substituents is 1. The van der Waals surface area contributed by atoms with Gasteiger partial charge in [-0.15, -0.1) is 0 Å². The molecule has 0 atom stereocenters. The van der Waals surface area contributed by atoms with Crippen molar-refractivity contribution in [2.45, 2.75) is 6.54 Å². The van der Waals surface area contributed by atoms with Crippen molar-refractivity contribution in [1.29, 1.82) is 5.26 Å². The minimum absolute atomic E-state index is 0.0463. The van der Waals surface area contributed by atoms with E-state index in [2.05, 4.69) is 10.3 Å². The van der Waals surface area contributed by atoms with Crippen LogP contribution in [0.15, 0.2) is 42.1 Å². The van der Waals surface area contributed by atoms with E-state index in [-0.39, 0.29) is 35.9 Å². The molecular formula is C17H12N4O5. The zero-order chi connectivity index (χ0) is 18.5. The van der Waals surface area contributed by atoms with Gasteiger partial charge in [-0.25, -0.2) is 0 Å². The molecule has 9 nitrogen and oxygen atoms in total. The van der Waals surface area contributed by atoms with Gasteiger partial charge in [-0.3, -0.25) is 19.9 Å². The van der Waals surface area contributed by atoms with Gasteiger partial charge in [-0.2, -0.15) is 5.26 Å². The predicted molar refractivity (Wildman–Crippen MR) is 88.9 cm³/mol. The SMILES string of the molecule is N#C/C(=C\c1cc2c(cc1[N+](=O)[O-])OCO2)C(=O)NCc1ccccn1. The second kappa shape index (κ2) is 7.31. The second-order valence-corrected chi connectivity index (χ2v) is 5.19. The smallest absolute Gasteiger partial charge is 0.280 e. The van der Waals surface area contributed by atoms with Crippen LogP contribution in [0.2, 0.25) is 0 Å². The van der Waals surface area contributed by atoms with Gasteiger partial charge >= 0.3 is 0 Å². The lowest BCUT2D eigenvalue weighted by atomic mass is 10.1. The summed E-state index contributed by atoms with van der Waals surface area (Å²) in [6.07, 6.45) is 2.73. The molecule has 1 aliphatic heterocycles. The lowest BCUT2D eigenvalue weighted by Crippen LogP contribution is -2.24. The molecule has 1 amide bonds. The first-order valence-corrected chi connectivity index (χ1v) is 7.46. The molecule has 0 radical (unpaired) electrons. The average Bonchev–Trinajstić information content (AvgIpc) is 3.11. The van der Waals surface area contributed by atoms with E-state index < -0.39 is 10.8 Å². The number of nitro groups is 1. The van der Waals surface area contributed by atoms with E-state index in [1.165, 1.54) is 12.1 Å². The molecule has 2 aromatic rings. The Bertz CT molecular complexity index is 934. The largest absolute Gasteiger partial charge is 0.454 e. The summed E-state index contributed by atoms with van der Waals surface area (Å²) in [7, 11) is 0. The van der Waals surface area contributed by atoms with E-state index in [0.29, 0.717) is 11.4 Å². The van der Waals surface area contributed by atoms with E-state index in [4.69, 9.17) is 9.47 Å². The molecule has 1 N–H and O–H groups in total. The van der Waals surface area contributed by atoms with Crippen LogP contribution in [0.5, 0.6) is 11.5 Å². The Labute approximate surface area is 147 Å². The number of carbonyl (C=O) groups is 1. The number of hydrogen-bond acceptors (Lipinski definition) is 7. The molecule has 0 fully saturated rings. The number of amides is 1. The Morgan fingerprint density at radius 1 is 1.38 bits per heavy atom. The molecule has 26 heavy (non-hydrogen) atoms. The number of nitrogens with one attached hydrogen (secondary N) is 1. The van der Waals surface area contributed by atoms with Crippen LogP contribution in [0.1, 0.15) is 11.3 Å². The number of benzene rings is 1. The monoisotopic (exact) mass is 352 g/mol. The molecule has 0 saturated carbocycles. The molecule has 1 aromatic carbocycles. The topological polar surface area (TPSA) is 127 Å². The number of carbonyl (C=O) groups excluding carboxylic acids is 1. The number of fused-ring (bicyclic) bond motifs is 1. The first kappa shape index (κ1) is 16.9. The van der Waals surface area contributed by atoms with Gasteiger partial charge in [0, 0.05) is 6.20 Å². The van der Waals surface area contributed by atoms with Crippen LogP contribution in [0.3, 0.4) is 0 Å².